The van der Waals surface area contributed by atoms with Crippen LogP contribution in [0.25, 0.3) is 0 Å². The lowest BCUT2D eigenvalue weighted by atomic mass is 9.96. The molecule has 0 N–H and O–H groups in total. The number of ketones is 1. The van der Waals surface area contributed by atoms with Crippen LogP contribution in [0.3, 0.4) is 0 Å². The van der Waals surface area contributed by atoms with E-state index in [0.29, 0.717) is 11.7 Å². The van der Waals surface area contributed by atoms with Gasteiger partial charge in [0.05, 0.1) is 0 Å². The average molecular weight is 206 g/mol. The van der Waals surface area contributed by atoms with Gasteiger partial charge in [0, 0.05) is 6.42 Å². The van der Waals surface area contributed by atoms with Crippen LogP contribution >= 0.6 is 0 Å². The van der Waals surface area contributed by atoms with Gasteiger partial charge in [-0.3, -0.25) is 4.79 Å². The summed E-state index contributed by atoms with van der Waals surface area (Å²) in [6.07, 6.45) is 9.42. The monoisotopic (exact) mass is 206 g/mol. The molecular weight excluding hydrogens is 184 g/mol. The number of hydrogen-bond donors (Lipinski definition) is 0. The van der Waals surface area contributed by atoms with Crippen LogP contribution in [0.1, 0.15) is 52.9 Å². The summed E-state index contributed by atoms with van der Waals surface area (Å²) in [6.45, 7) is 6.56. The fraction of sp³-hybridized carbons (Fsp3) is 0.643. The van der Waals surface area contributed by atoms with Crippen molar-refractivity contribution in [3.8, 4) is 0 Å². The van der Waals surface area contributed by atoms with Crippen molar-refractivity contribution < 1.29 is 4.79 Å². The summed E-state index contributed by atoms with van der Waals surface area (Å²) in [5.74, 6) is 1.03. The second-order valence-corrected chi connectivity index (χ2v) is 4.94. The Bertz CT molecular complexity index is 280. The van der Waals surface area contributed by atoms with E-state index in [1.807, 2.05) is 6.08 Å². The van der Waals surface area contributed by atoms with E-state index < -0.39 is 0 Å². The minimum absolute atomic E-state index is 0.321. The summed E-state index contributed by atoms with van der Waals surface area (Å²) >= 11 is 0. The van der Waals surface area contributed by atoms with Crippen LogP contribution in [0, 0.1) is 5.92 Å². The largest absolute Gasteiger partial charge is 0.295 e. The molecule has 0 bridgehead atoms. The van der Waals surface area contributed by atoms with Crippen LogP contribution in [0.15, 0.2) is 23.3 Å². The minimum atomic E-state index is 0.321. The third-order valence-electron chi connectivity index (χ3n) is 2.88. The predicted octanol–water partition coefficient (Wildman–Crippen LogP) is 4.05. The fourth-order valence-electron chi connectivity index (χ4n) is 2.02. The Morgan fingerprint density at radius 2 is 2.20 bits per heavy atom. The van der Waals surface area contributed by atoms with Gasteiger partial charge >= 0.3 is 0 Å². The Balaban J connectivity index is 2.24. The lowest BCUT2D eigenvalue weighted by molar-refractivity contribution is -0.114. The van der Waals surface area contributed by atoms with Gasteiger partial charge in [-0.05, 0) is 51.5 Å². The zero-order valence-electron chi connectivity index (χ0n) is 10.2. The van der Waals surface area contributed by atoms with Crippen molar-refractivity contribution in [1.82, 2.24) is 0 Å². The van der Waals surface area contributed by atoms with Gasteiger partial charge in [-0.2, -0.15) is 0 Å². The standard InChI is InChI=1S/C14H22O/c1-11(2)5-4-6-12(3)9-13-7-8-14(15)10-13/h5,10,12H,4,6-9H2,1-3H3. The number of allylic oxidation sites excluding steroid dienone is 4. The first kappa shape index (κ1) is 12.2. The predicted molar refractivity (Wildman–Crippen MR) is 64.8 cm³/mol. The molecule has 0 aromatic heterocycles. The lowest BCUT2D eigenvalue weighted by Crippen LogP contribution is -1.95. The molecule has 0 saturated carbocycles. The molecular formula is C14H22O. The van der Waals surface area contributed by atoms with Crippen LogP contribution in [0.2, 0.25) is 0 Å². The Hall–Kier alpha value is -0.850. The summed E-state index contributed by atoms with van der Waals surface area (Å²) in [5, 5.41) is 0. The molecule has 1 nitrogen and oxygen atoms in total. The molecule has 0 amide bonds. The molecule has 1 heteroatoms. The van der Waals surface area contributed by atoms with E-state index in [9.17, 15) is 4.79 Å². The van der Waals surface area contributed by atoms with E-state index in [-0.39, 0.29) is 0 Å². The molecule has 0 aromatic rings. The Morgan fingerprint density at radius 1 is 1.47 bits per heavy atom. The molecule has 84 valence electrons. The third kappa shape index (κ3) is 4.96. The Labute approximate surface area is 93.3 Å². The van der Waals surface area contributed by atoms with Crippen molar-refractivity contribution in [3.63, 3.8) is 0 Å². The lowest BCUT2D eigenvalue weighted by Gasteiger charge is -2.10. The summed E-state index contributed by atoms with van der Waals surface area (Å²) in [7, 11) is 0. The first-order valence-electron chi connectivity index (χ1n) is 5.93. The zero-order chi connectivity index (χ0) is 11.3. The van der Waals surface area contributed by atoms with Gasteiger partial charge in [-0.15, -0.1) is 0 Å². The zero-order valence-corrected chi connectivity index (χ0v) is 10.2. The first-order valence-corrected chi connectivity index (χ1v) is 5.93. The molecule has 1 aliphatic carbocycles. The quantitative estimate of drug-likeness (QED) is 0.620. The van der Waals surface area contributed by atoms with E-state index in [1.165, 1.54) is 24.0 Å². The summed E-state index contributed by atoms with van der Waals surface area (Å²) < 4.78 is 0. The highest BCUT2D eigenvalue weighted by molar-refractivity contribution is 5.92. The van der Waals surface area contributed by atoms with Crippen LogP contribution in [0.5, 0.6) is 0 Å². The summed E-state index contributed by atoms with van der Waals surface area (Å²) in [4.78, 5) is 11.1. The molecule has 1 unspecified atom stereocenters. The van der Waals surface area contributed by atoms with E-state index in [1.54, 1.807) is 0 Å². The second kappa shape index (κ2) is 5.89. The molecule has 0 fully saturated rings. The molecule has 0 aromatic carbocycles. The van der Waals surface area contributed by atoms with Gasteiger partial charge in [-0.25, -0.2) is 0 Å². The number of hydrogen-bond acceptors (Lipinski definition) is 1. The number of rotatable bonds is 5. The fourth-order valence-corrected chi connectivity index (χ4v) is 2.02. The highest BCUT2D eigenvalue weighted by Gasteiger charge is 2.13. The van der Waals surface area contributed by atoms with Gasteiger partial charge in [-0.1, -0.05) is 24.1 Å². The van der Waals surface area contributed by atoms with Crippen molar-refractivity contribution in [2.24, 2.45) is 5.92 Å². The van der Waals surface area contributed by atoms with Crippen LogP contribution in [-0.2, 0) is 4.79 Å². The maximum atomic E-state index is 11.1. The number of carbonyl (C=O) groups excluding carboxylic acids is 1. The van der Waals surface area contributed by atoms with E-state index in [2.05, 4.69) is 26.8 Å². The van der Waals surface area contributed by atoms with E-state index in [4.69, 9.17) is 0 Å². The molecule has 0 aliphatic heterocycles. The van der Waals surface area contributed by atoms with Crippen molar-refractivity contribution in [2.45, 2.75) is 52.9 Å². The van der Waals surface area contributed by atoms with Gasteiger partial charge in [0.1, 0.15) is 0 Å². The molecule has 15 heavy (non-hydrogen) atoms. The van der Waals surface area contributed by atoms with Crippen molar-refractivity contribution >= 4 is 5.78 Å². The van der Waals surface area contributed by atoms with Crippen LogP contribution < -0.4 is 0 Å². The highest BCUT2D eigenvalue weighted by Crippen LogP contribution is 2.24. The summed E-state index contributed by atoms with van der Waals surface area (Å²) in [5.41, 5.74) is 2.77. The molecule has 0 spiro atoms. The normalized spacial score (nSPS) is 17.5. The topological polar surface area (TPSA) is 17.1 Å². The third-order valence-corrected chi connectivity index (χ3v) is 2.88. The Kier molecular flexibility index (Phi) is 4.80. The average Bonchev–Trinajstić information content (AvgIpc) is 2.50. The van der Waals surface area contributed by atoms with Gasteiger partial charge in [0.15, 0.2) is 5.78 Å². The number of carbonyl (C=O) groups is 1. The molecule has 1 aliphatic rings. The van der Waals surface area contributed by atoms with Gasteiger partial charge < -0.3 is 0 Å². The maximum absolute atomic E-state index is 11.1. The summed E-state index contributed by atoms with van der Waals surface area (Å²) in [6, 6.07) is 0. The van der Waals surface area contributed by atoms with Crippen molar-refractivity contribution in [3.05, 3.63) is 23.3 Å². The Morgan fingerprint density at radius 3 is 2.73 bits per heavy atom. The smallest absolute Gasteiger partial charge is 0.155 e. The SMILES string of the molecule is CC(C)=CCCC(C)CC1=CC(=O)CC1. The highest BCUT2D eigenvalue weighted by atomic mass is 16.1. The molecule has 0 radical (unpaired) electrons. The van der Waals surface area contributed by atoms with Crippen molar-refractivity contribution in [2.75, 3.05) is 0 Å². The minimum Gasteiger partial charge on any atom is -0.295 e. The van der Waals surface area contributed by atoms with E-state index in [0.717, 1.165) is 19.3 Å². The maximum Gasteiger partial charge on any atom is 0.155 e. The van der Waals surface area contributed by atoms with Crippen LogP contribution in [-0.4, -0.2) is 5.78 Å². The van der Waals surface area contributed by atoms with E-state index >= 15 is 0 Å². The van der Waals surface area contributed by atoms with Crippen LogP contribution in [0.4, 0.5) is 0 Å². The molecule has 0 saturated heterocycles. The van der Waals surface area contributed by atoms with Gasteiger partial charge in [0.25, 0.3) is 0 Å². The second-order valence-electron chi connectivity index (χ2n) is 4.94. The molecule has 0 heterocycles. The first-order chi connectivity index (χ1) is 7.08. The van der Waals surface area contributed by atoms with Crippen molar-refractivity contribution in [1.29, 1.82) is 0 Å². The van der Waals surface area contributed by atoms with Gasteiger partial charge in [0.2, 0.25) is 0 Å². The molecule has 1 rings (SSSR count). The molecule has 1 atom stereocenters.